The number of carboxylic acid groups (broad SMARTS) is 1. The van der Waals surface area contributed by atoms with Crippen LogP contribution < -0.4 is 5.73 Å². The predicted molar refractivity (Wildman–Crippen MR) is 135 cm³/mol. The number of likely N-dealkylation sites (N-methyl/N-ethyl adjacent to an activating group) is 1. The Morgan fingerprint density at radius 1 is 0.875 bits per heavy atom. The molecule has 2 atom stereocenters. The van der Waals surface area contributed by atoms with Gasteiger partial charge >= 0.3 is 5.97 Å². The summed E-state index contributed by atoms with van der Waals surface area (Å²) < 4.78 is 0. The Morgan fingerprint density at radius 2 is 1.31 bits per heavy atom. The minimum absolute atomic E-state index is 0.164. The quantitative estimate of drug-likeness (QED) is 0.171. The average Bonchev–Trinajstić information content (AvgIpc) is 2.75. The van der Waals surface area contributed by atoms with E-state index in [1.54, 1.807) is 21.0 Å². The lowest BCUT2D eigenvalue weighted by Gasteiger charge is -2.35. The second-order valence-electron chi connectivity index (χ2n) is 9.07. The van der Waals surface area contributed by atoms with Crippen molar-refractivity contribution >= 4 is 11.9 Å². The first-order chi connectivity index (χ1) is 15.1. The Morgan fingerprint density at radius 3 is 1.66 bits per heavy atom. The number of aliphatic hydroxyl groups is 1. The van der Waals surface area contributed by atoms with E-state index in [1.807, 2.05) is 0 Å². The molecule has 0 aliphatic rings. The number of carboxylic acids is 1. The number of rotatable bonds is 19. The number of primary amides is 1. The molecule has 6 heteroatoms. The van der Waals surface area contributed by atoms with Crippen LogP contribution in [0, 0.1) is 0 Å². The maximum atomic E-state index is 10.9. The number of unbranched alkanes of at least 4 members (excludes halogenated alkanes) is 11. The zero-order chi connectivity index (χ0) is 24.8. The van der Waals surface area contributed by atoms with Crippen molar-refractivity contribution in [1.82, 2.24) is 4.90 Å². The topological polar surface area (TPSA) is 104 Å². The van der Waals surface area contributed by atoms with E-state index in [-0.39, 0.29) is 5.91 Å². The Bertz CT molecular complexity index is 494. The monoisotopic (exact) mass is 456 g/mol. The summed E-state index contributed by atoms with van der Waals surface area (Å²) in [6, 6.07) is 0. The van der Waals surface area contributed by atoms with Gasteiger partial charge in [0.1, 0.15) is 5.54 Å². The van der Waals surface area contributed by atoms with Crippen molar-refractivity contribution < 1.29 is 19.8 Å². The van der Waals surface area contributed by atoms with Gasteiger partial charge in [0.15, 0.2) is 0 Å². The lowest BCUT2D eigenvalue weighted by molar-refractivity contribution is -0.156. The zero-order valence-electron chi connectivity index (χ0n) is 21.6. The van der Waals surface area contributed by atoms with Gasteiger partial charge in [0.25, 0.3) is 0 Å². The van der Waals surface area contributed by atoms with Gasteiger partial charge in [0.2, 0.25) is 5.91 Å². The molecule has 0 saturated heterocycles. The number of carbonyl (C=O) groups excluding carboxylic acids is 1. The molecule has 4 N–H and O–H groups in total. The largest absolute Gasteiger partial charge is 0.480 e. The fourth-order valence-corrected chi connectivity index (χ4v) is 3.40. The van der Waals surface area contributed by atoms with Gasteiger partial charge in [-0.25, -0.2) is 0 Å². The molecule has 0 saturated carbocycles. The minimum Gasteiger partial charge on any atom is -0.480 e. The number of hydrogen-bond acceptors (Lipinski definition) is 4. The third-order valence-electron chi connectivity index (χ3n) is 6.08. The molecular weight excluding hydrogens is 404 g/mol. The number of nitrogens with zero attached hydrogens (tertiary/aromatic N) is 1. The third kappa shape index (κ3) is 17.2. The van der Waals surface area contributed by atoms with E-state index in [0.29, 0.717) is 12.8 Å². The van der Waals surface area contributed by atoms with Crippen LogP contribution in [-0.4, -0.2) is 52.7 Å². The summed E-state index contributed by atoms with van der Waals surface area (Å²) >= 11 is 0. The van der Waals surface area contributed by atoms with Gasteiger partial charge in [-0.1, -0.05) is 77.4 Å². The second kappa shape index (κ2) is 21.4. The summed E-state index contributed by atoms with van der Waals surface area (Å²) in [7, 11) is 3.29. The van der Waals surface area contributed by atoms with E-state index in [4.69, 9.17) is 10.8 Å². The Balaban J connectivity index is 0. The summed E-state index contributed by atoms with van der Waals surface area (Å²) in [4.78, 5) is 22.9. The van der Waals surface area contributed by atoms with Crippen molar-refractivity contribution in [2.75, 3.05) is 14.1 Å². The summed E-state index contributed by atoms with van der Waals surface area (Å²) in [5, 5.41) is 18.4. The molecule has 0 fully saturated rings. The molecule has 32 heavy (non-hydrogen) atoms. The molecule has 1 amide bonds. The lowest BCUT2D eigenvalue weighted by atomic mass is 9.92. The highest BCUT2D eigenvalue weighted by Crippen LogP contribution is 2.19. The van der Waals surface area contributed by atoms with E-state index in [0.717, 1.165) is 12.8 Å². The molecule has 0 rings (SSSR count). The molecule has 6 nitrogen and oxygen atoms in total. The Labute approximate surface area is 197 Å². The number of amides is 1. The molecule has 2 unspecified atom stereocenters. The van der Waals surface area contributed by atoms with Crippen molar-refractivity contribution in [2.24, 2.45) is 5.73 Å². The first kappa shape index (κ1) is 32.8. The van der Waals surface area contributed by atoms with Crippen LogP contribution in [0.1, 0.15) is 117 Å². The van der Waals surface area contributed by atoms with Gasteiger partial charge in [0.05, 0.1) is 6.10 Å². The van der Waals surface area contributed by atoms with Crippen LogP contribution in [0.3, 0.4) is 0 Å². The highest BCUT2D eigenvalue weighted by atomic mass is 16.4. The van der Waals surface area contributed by atoms with Crippen LogP contribution in [0.5, 0.6) is 0 Å². The lowest BCUT2D eigenvalue weighted by Crippen LogP contribution is -2.56. The summed E-state index contributed by atoms with van der Waals surface area (Å²) in [6.45, 7) is 5.54. The van der Waals surface area contributed by atoms with Crippen molar-refractivity contribution in [3.63, 3.8) is 0 Å². The molecule has 190 valence electrons. The van der Waals surface area contributed by atoms with E-state index in [2.05, 4.69) is 19.1 Å². The summed E-state index contributed by atoms with van der Waals surface area (Å²) in [6.07, 6.45) is 21.5. The van der Waals surface area contributed by atoms with E-state index in [9.17, 15) is 14.7 Å². The van der Waals surface area contributed by atoms with Gasteiger partial charge in [-0.15, -0.1) is 0 Å². The Kier molecular flexibility index (Phi) is 22.0. The minimum atomic E-state index is -1.19. The number of aliphatic hydroxyl groups excluding tert-OH is 1. The SMILES string of the molecule is CCC(O)C(C)(C(=O)O)N(C)C.CCCCCCCC/C=C\CCCCCCCC(N)=O. The highest BCUT2D eigenvalue weighted by Gasteiger charge is 2.41. The normalized spacial score (nSPS) is 14.1. The van der Waals surface area contributed by atoms with Crippen molar-refractivity contribution in [2.45, 2.75) is 129 Å². The molecule has 0 radical (unpaired) electrons. The van der Waals surface area contributed by atoms with Gasteiger partial charge in [-0.05, 0) is 59.5 Å². The van der Waals surface area contributed by atoms with Crippen LogP contribution in [-0.2, 0) is 9.59 Å². The van der Waals surface area contributed by atoms with Gasteiger partial charge in [0, 0.05) is 6.42 Å². The first-order valence-corrected chi connectivity index (χ1v) is 12.7. The Hall–Kier alpha value is -1.40. The number of nitrogens with two attached hydrogens (primary N) is 1. The third-order valence-corrected chi connectivity index (χ3v) is 6.08. The molecule has 0 heterocycles. The molecule has 0 aliphatic heterocycles. The molecule has 0 spiro atoms. The maximum absolute atomic E-state index is 10.9. The second-order valence-corrected chi connectivity index (χ2v) is 9.07. The fraction of sp³-hybridized carbons (Fsp3) is 0.846. The molecule has 0 aromatic heterocycles. The van der Waals surface area contributed by atoms with Gasteiger partial charge < -0.3 is 15.9 Å². The van der Waals surface area contributed by atoms with Crippen LogP contribution in [0.25, 0.3) is 0 Å². The van der Waals surface area contributed by atoms with Crippen LogP contribution in [0.2, 0.25) is 0 Å². The number of hydrogen-bond donors (Lipinski definition) is 3. The average molecular weight is 457 g/mol. The first-order valence-electron chi connectivity index (χ1n) is 12.7. The smallest absolute Gasteiger partial charge is 0.326 e. The van der Waals surface area contributed by atoms with Crippen molar-refractivity contribution in [1.29, 1.82) is 0 Å². The maximum Gasteiger partial charge on any atom is 0.326 e. The van der Waals surface area contributed by atoms with Gasteiger partial charge in [-0.3, -0.25) is 14.5 Å². The fourth-order valence-electron chi connectivity index (χ4n) is 3.40. The predicted octanol–water partition coefficient (Wildman–Crippen LogP) is 5.67. The van der Waals surface area contributed by atoms with E-state index in [1.165, 1.54) is 82.5 Å². The number of aliphatic carboxylic acids is 1. The van der Waals surface area contributed by atoms with Crippen molar-refractivity contribution in [3.8, 4) is 0 Å². The standard InChI is InChI=1S/C18H35NO.C8H17NO3/c1-2-3-4-5-6-7-8-9-10-11-12-13-14-15-16-17-18(19)20;1-5-6(10)8(2,7(11)12)9(3)4/h9-10H,2-8,11-17H2,1H3,(H2,19,20);6,10H,5H2,1-4H3,(H,11,12)/b10-9-;. The number of allylic oxidation sites excluding steroid dienone is 2. The summed E-state index contributed by atoms with van der Waals surface area (Å²) in [5.41, 5.74) is 3.91. The molecule has 0 aromatic carbocycles. The van der Waals surface area contributed by atoms with Crippen LogP contribution in [0.4, 0.5) is 0 Å². The van der Waals surface area contributed by atoms with Crippen LogP contribution in [0.15, 0.2) is 12.2 Å². The molecule has 0 bridgehead atoms. The molecule has 0 aliphatic carbocycles. The van der Waals surface area contributed by atoms with E-state index >= 15 is 0 Å². The number of carbonyl (C=O) groups is 2. The van der Waals surface area contributed by atoms with Gasteiger partial charge in [-0.2, -0.15) is 0 Å². The summed E-state index contributed by atoms with van der Waals surface area (Å²) in [5.74, 6) is -1.16. The zero-order valence-corrected chi connectivity index (χ0v) is 21.6. The van der Waals surface area contributed by atoms with E-state index < -0.39 is 17.6 Å². The molecule has 0 aromatic rings. The van der Waals surface area contributed by atoms with Crippen LogP contribution >= 0.6 is 0 Å². The van der Waals surface area contributed by atoms with Crippen molar-refractivity contribution in [3.05, 3.63) is 12.2 Å². The molecular formula is C26H52N2O4. The highest BCUT2D eigenvalue weighted by molar-refractivity contribution is 5.79.